The molecule has 1 aromatic heterocycles. The van der Waals surface area contributed by atoms with Crippen LogP contribution in [-0.2, 0) is 16.6 Å². The molecule has 104 valence electrons. The monoisotopic (exact) mass is 363 g/mol. The predicted octanol–water partition coefficient (Wildman–Crippen LogP) is 2.40. The van der Waals surface area contributed by atoms with Crippen LogP contribution in [0, 0.1) is 4.77 Å². The molecule has 8 heteroatoms. The van der Waals surface area contributed by atoms with E-state index in [1.807, 2.05) is 22.8 Å². The summed E-state index contributed by atoms with van der Waals surface area (Å²) in [6, 6.07) is 5.90. The summed E-state index contributed by atoms with van der Waals surface area (Å²) in [7, 11) is -3.13. The van der Waals surface area contributed by atoms with E-state index in [-0.39, 0.29) is 0 Å². The minimum Gasteiger partial charge on any atom is -0.331 e. The van der Waals surface area contributed by atoms with Gasteiger partial charge in [0.05, 0.1) is 17.3 Å². The van der Waals surface area contributed by atoms with Crippen LogP contribution in [0.3, 0.4) is 0 Å². The highest BCUT2D eigenvalue weighted by Crippen LogP contribution is 2.19. The first-order valence-electron chi connectivity index (χ1n) is 5.69. The number of sulfonamides is 1. The number of imidazole rings is 1. The van der Waals surface area contributed by atoms with Crippen LogP contribution in [0.25, 0.3) is 11.0 Å². The fourth-order valence-electron chi connectivity index (χ4n) is 1.84. The highest BCUT2D eigenvalue weighted by atomic mass is 79.9. The van der Waals surface area contributed by atoms with E-state index in [0.717, 1.165) is 21.8 Å². The molecule has 0 spiro atoms. The van der Waals surface area contributed by atoms with Crippen LogP contribution in [0.5, 0.6) is 0 Å². The SMILES string of the molecule is CS(=O)(=O)NCCCn1c(=S)[nH]c2ccc(Br)cc21. The van der Waals surface area contributed by atoms with Gasteiger partial charge in [0.2, 0.25) is 10.0 Å². The number of hydrogen-bond donors (Lipinski definition) is 2. The molecule has 0 bridgehead atoms. The van der Waals surface area contributed by atoms with Gasteiger partial charge in [0, 0.05) is 17.6 Å². The average Bonchev–Trinajstić information content (AvgIpc) is 2.59. The number of nitrogens with zero attached hydrogens (tertiary/aromatic N) is 1. The lowest BCUT2D eigenvalue weighted by atomic mass is 10.3. The Kier molecular flexibility index (Phi) is 4.44. The molecule has 0 aliphatic rings. The molecule has 0 saturated heterocycles. The van der Waals surface area contributed by atoms with Crippen LogP contribution < -0.4 is 4.72 Å². The largest absolute Gasteiger partial charge is 0.331 e. The molecule has 0 aliphatic carbocycles. The van der Waals surface area contributed by atoms with Crippen LogP contribution in [-0.4, -0.2) is 30.8 Å². The molecular formula is C11H14BrN3O2S2. The number of hydrogen-bond acceptors (Lipinski definition) is 3. The molecule has 2 N–H and O–H groups in total. The zero-order valence-corrected chi connectivity index (χ0v) is 13.5. The van der Waals surface area contributed by atoms with Gasteiger partial charge >= 0.3 is 0 Å². The summed E-state index contributed by atoms with van der Waals surface area (Å²) in [4.78, 5) is 3.13. The molecule has 0 radical (unpaired) electrons. The van der Waals surface area contributed by atoms with E-state index in [1.165, 1.54) is 0 Å². The normalized spacial score (nSPS) is 12.1. The Bertz CT molecular complexity index is 749. The summed E-state index contributed by atoms with van der Waals surface area (Å²) in [5.74, 6) is 0. The molecule has 0 aliphatic heterocycles. The summed E-state index contributed by atoms with van der Waals surface area (Å²) < 4.78 is 28.0. The van der Waals surface area contributed by atoms with E-state index < -0.39 is 10.0 Å². The van der Waals surface area contributed by atoms with E-state index in [2.05, 4.69) is 25.6 Å². The Labute approximate surface area is 125 Å². The van der Waals surface area contributed by atoms with E-state index >= 15 is 0 Å². The summed E-state index contributed by atoms with van der Waals surface area (Å²) in [6.07, 6.45) is 1.84. The second-order valence-electron chi connectivity index (χ2n) is 4.26. The van der Waals surface area contributed by atoms with Crippen molar-refractivity contribution in [2.24, 2.45) is 0 Å². The number of aromatic amines is 1. The zero-order chi connectivity index (χ0) is 14.0. The average molecular weight is 364 g/mol. The van der Waals surface area contributed by atoms with Crippen molar-refractivity contribution in [3.8, 4) is 0 Å². The van der Waals surface area contributed by atoms with Crippen molar-refractivity contribution in [3.05, 3.63) is 27.4 Å². The quantitative estimate of drug-likeness (QED) is 0.633. The van der Waals surface area contributed by atoms with Crippen LogP contribution in [0.2, 0.25) is 0 Å². The van der Waals surface area contributed by atoms with Crippen molar-refractivity contribution in [2.75, 3.05) is 12.8 Å². The van der Waals surface area contributed by atoms with Crippen LogP contribution >= 0.6 is 28.1 Å². The first kappa shape index (κ1) is 14.7. The Morgan fingerprint density at radius 2 is 2.21 bits per heavy atom. The van der Waals surface area contributed by atoms with Gasteiger partial charge < -0.3 is 9.55 Å². The molecule has 0 unspecified atom stereocenters. The summed E-state index contributed by atoms with van der Waals surface area (Å²) in [5.41, 5.74) is 1.99. The van der Waals surface area contributed by atoms with Crippen molar-refractivity contribution in [1.82, 2.24) is 14.3 Å². The molecule has 2 aromatic rings. The molecule has 1 aromatic carbocycles. The molecule has 0 atom stereocenters. The number of nitrogens with one attached hydrogen (secondary N) is 2. The molecule has 1 heterocycles. The summed E-state index contributed by atoms with van der Waals surface area (Å²) in [6.45, 7) is 1.07. The lowest BCUT2D eigenvalue weighted by molar-refractivity contribution is 0.576. The maximum atomic E-state index is 11.0. The van der Waals surface area contributed by atoms with Gasteiger partial charge in [-0.1, -0.05) is 15.9 Å². The fraction of sp³-hybridized carbons (Fsp3) is 0.364. The number of aromatic nitrogens is 2. The first-order valence-corrected chi connectivity index (χ1v) is 8.79. The number of halogens is 1. The maximum Gasteiger partial charge on any atom is 0.208 e. The van der Waals surface area contributed by atoms with Gasteiger partial charge in [-0.3, -0.25) is 0 Å². The predicted molar refractivity (Wildman–Crippen MR) is 82.3 cm³/mol. The van der Waals surface area contributed by atoms with Gasteiger partial charge in [-0.25, -0.2) is 13.1 Å². The van der Waals surface area contributed by atoms with Crippen molar-refractivity contribution >= 4 is 49.2 Å². The van der Waals surface area contributed by atoms with Gasteiger partial charge in [-0.15, -0.1) is 0 Å². The third-order valence-electron chi connectivity index (χ3n) is 2.66. The van der Waals surface area contributed by atoms with E-state index in [9.17, 15) is 8.42 Å². The van der Waals surface area contributed by atoms with Crippen molar-refractivity contribution < 1.29 is 8.42 Å². The minimum atomic E-state index is -3.13. The topological polar surface area (TPSA) is 66.9 Å². The van der Waals surface area contributed by atoms with E-state index in [4.69, 9.17) is 12.2 Å². The number of benzene rings is 1. The Morgan fingerprint density at radius 3 is 2.89 bits per heavy atom. The number of rotatable bonds is 5. The molecule has 19 heavy (non-hydrogen) atoms. The van der Waals surface area contributed by atoms with E-state index in [0.29, 0.717) is 24.3 Å². The summed E-state index contributed by atoms with van der Waals surface area (Å²) in [5, 5.41) is 0. The molecule has 2 rings (SSSR count). The van der Waals surface area contributed by atoms with Crippen molar-refractivity contribution in [2.45, 2.75) is 13.0 Å². The standard InChI is InChI=1S/C11H14BrN3O2S2/c1-19(16,17)13-5-2-6-15-10-7-8(12)3-4-9(10)14-11(15)18/h3-4,7,13H,2,5-6H2,1H3,(H,14,18). The lowest BCUT2D eigenvalue weighted by Crippen LogP contribution is -2.23. The third kappa shape index (κ3) is 3.88. The van der Waals surface area contributed by atoms with Gasteiger partial charge in [-0.05, 0) is 36.8 Å². The second kappa shape index (κ2) is 5.74. The van der Waals surface area contributed by atoms with E-state index in [1.54, 1.807) is 0 Å². The first-order chi connectivity index (χ1) is 8.87. The number of aryl methyl sites for hydroxylation is 1. The fourth-order valence-corrected chi connectivity index (χ4v) is 3.01. The zero-order valence-electron chi connectivity index (χ0n) is 10.3. The maximum absolute atomic E-state index is 11.0. The Hall–Kier alpha value is -0.700. The second-order valence-corrected chi connectivity index (χ2v) is 7.40. The molecule has 0 fully saturated rings. The highest BCUT2D eigenvalue weighted by molar-refractivity contribution is 9.10. The minimum absolute atomic E-state index is 0.404. The van der Waals surface area contributed by atoms with Gasteiger partial charge in [0.15, 0.2) is 4.77 Å². The van der Waals surface area contributed by atoms with Gasteiger partial charge in [0.25, 0.3) is 0 Å². The molecular weight excluding hydrogens is 350 g/mol. The molecule has 0 saturated carbocycles. The Morgan fingerprint density at radius 1 is 1.47 bits per heavy atom. The van der Waals surface area contributed by atoms with Crippen molar-refractivity contribution in [3.63, 3.8) is 0 Å². The molecule has 0 amide bonds. The third-order valence-corrected chi connectivity index (χ3v) is 4.20. The Balaban J connectivity index is 2.14. The lowest BCUT2D eigenvalue weighted by Gasteiger charge is -2.05. The number of H-pyrrole nitrogens is 1. The van der Waals surface area contributed by atoms with Crippen LogP contribution in [0.15, 0.2) is 22.7 Å². The molecule has 5 nitrogen and oxygen atoms in total. The smallest absolute Gasteiger partial charge is 0.208 e. The van der Waals surface area contributed by atoms with Crippen LogP contribution in [0.1, 0.15) is 6.42 Å². The van der Waals surface area contributed by atoms with Crippen LogP contribution in [0.4, 0.5) is 0 Å². The summed E-state index contributed by atoms with van der Waals surface area (Å²) >= 11 is 8.70. The highest BCUT2D eigenvalue weighted by Gasteiger charge is 2.05. The van der Waals surface area contributed by atoms with Gasteiger partial charge in [-0.2, -0.15) is 0 Å². The number of fused-ring (bicyclic) bond motifs is 1. The van der Waals surface area contributed by atoms with Crippen molar-refractivity contribution in [1.29, 1.82) is 0 Å². The van der Waals surface area contributed by atoms with Gasteiger partial charge in [0.1, 0.15) is 0 Å².